The van der Waals surface area contributed by atoms with E-state index in [9.17, 15) is 4.79 Å². The third kappa shape index (κ3) is 3.72. The van der Waals surface area contributed by atoms with Gasteiger partial charge in [-0.15, -0.1) is 5.10 Å². The monoisotopic (exact) mass is 329 g/mol. The van der Waals surface area contributed by atoms with Crippen LogP contribution in [0, 0.1) is 0 Å². The molecule has 21 heavy (non-hydrogen) atoms. The van der Waals surface area contributed by atoms with E-state index in [4.69, 9.17) is 33.0 Å². The number of carboxylic acid groups (broad SMARTS) is 1. The largest absolute Gasteiger partial charge is 0.476 e. The summed E-state index contributed by atoms with van der Waals surface area (Å²) >= 11 is 11.8. The molecule has 112 valence electrons. The SMILES string of the molecule is COCCc1c(C(=O)O)nnn1Cc1ccc(Cl)c(Cl)c1. The van der Waals surface area contributed by atoms with Crippen LogP contribution in [0.2, 0.25) is 10.0 Å². The molecule has 0 saturated carbocycles. The van der Waals surface area contributed by atoms with Gasteiger partial charge in [0.25, 0.3) is 0 Å². The molecular formula is C13H13Cl2N3O3. The maximum absolute atomic E-state index is 11.2. The third-order valence-corrected chi connectivity index (χ3v) is 3.64. The van der Waals surface area contributed by atoms with Crippen molar-refractivity contribution in [2.24, 2.45) is 0 Å². The van der Waals surface area contributed by atoms with Gasteiger partial charge in [0, 0.05) is 13.5 Å². The Morgan fingerprint density at radius 3 is 2.76 bits per heavy atom. The molecule has 1 aromatic carbocycles. The number of nitrogens with zero attached hydrogens (tertiary/aromatic N) is 3. The second-order valence-corrected chi connectivity index (χ2v) is 5.15. The minimum Gasteiger partial charge on any atom is -0.476 e. The Morgan fingerprint density at radius 1 is 1.38 bits per heavy atom. The summed E-state index contributed by atoms with van der Waals surface area (Å²) in [6, 6.07) is 5.20. The van der Waals surface area contributed by atoms with Crippen molar-refractivity contribution in [3.05, 3.63) is 45.2 Å². The first-order valence-electron chi connectivity index (χ1n) is 6.11. The Labute approximate surface area is 131 Å². The highest BCUT2D eigenvalue weighted by atomic mass is 35.5. The minimum absolute atomic E-state index is 0.0629. The first kappa shape index (κ1) is 15.8. The predicted octanol–water partition coefficient (Wildman–Crippen LogP) is 2.52. The van der Waals surface area contributed by atoms with Crippen LogP contribution in [0.25, 0.3) is 0 Å². The van der Waals surface area contributed by atoms with Crippen molar-refractivity contribution in [1.82, 2.24) is 15.0 Å². The van der Waals surface area contributed by atoms with Crippen LogP contribution in [-0.4, -0.2) is 39.8 Å². The van der Waals surface area contributed by atoms with Gasteiger partial charge in [-0.1, -0.05) is 34.5 Å². The fourth-order valence-corrected chi connectivity index (χ4v) is 2.20. The van der Waals surface area contributed by atoms with E-state index in [1.165, 1.54) is 4.68 Å². The molecular weight excluding hydrogens is 317 g/mol. The van der Waals surface area contributed by atoms with Gasteiger partial charge in [-0.05, 0) is 17.7 Å². The Balaban J connectivity index is 2.30. The lowest BCUT2D eigenvalue weighted by molar-refractivity contribution is 0.0688. The van der Waals surface area contributed by atoms with Crippen molar-refractivity contribution in [3.63, 3.8) is 0 Å². The normalized spacial score (nSPS) is 10.8. The Morgan fingerprint density at radius 2 is 2.14 bits per heavy atom. The first-order chi connectivity index (χ1) is 10.0. The summed E-state index contributed by atoms with van der Waals surface area (Å²) in [4.78, 5) is 11.2. The van der Waals surface area contributed by atoms with Crippen molar-refractivity contribution in [3.8, 4) is 0 Å². The van der Waals surface area contributed by atoms with Crippen molar-refractivity contribution >= 4 is 29.2 Å². The third-order valence-electron chi connectivity index (χ3n) is 2.90. The second-order valence-electron chi connectivity index (χ2n) is 4.34. The van der Waals surface area contributed by atoms with E-state index in [1.807, 2.05) is 0 Å². The summed E-state index contributed by atoms with van der Waals surface area (Å²) in [5, 5.41) is 17.6. The number of ether oxygens (including phenoxy) is 1. The van der Waals surface area contributed by atoms with Gasteiger partial charge in [-0.3, -0.25) is 0 Å². The molecule has 0 spiro atoms. The van der Waals surface area contributed by atoms with Crippen molar-refractivity contribution in [2.45, 2.75) is 13.0 Å². The molecule has 1 heterocycles. The maximum Gasteiger partial charge on any atom is 0.358 e. The maximum atomic E-state index is 11.2. The molecule has 2 aromatic rings. The molecule has 2 rings (SSSR count). The second kappa shape index (κ2) is 6.89. The lowest BCUT2D eigenvalue weighted by Gasteiger charge is -2.08. The van der Waals surface area contributed by atoms with Crippen LogP contribution in [0.3, 0.4) is 0 Å². The van der Waals surface area contributed by atoms with Crippen LogP contribution in [0.1, 0.15) is 21.7 Å². The number of rotatable bonds is 6. The van der Waals surface area contributed by atoms with Crippen LogP contribution >= 0.6 is 23.2 Å². The summed E-state index contributed by atoms with van der Waals surface area (Å²) in [5.74, 6) is -1.11. The fraction of sp³-hybridized carbons (Fsp3) is 0.308. The molecule has 6 nitrogen and oxygen atoms in total. The number of hydrogen-bond donors (Lipinski definition) is 1. The highest BCUT2D eigenvalue weighted by Gasteiger charge is 2.18. The number of carbonyl (C=O) groups is 1. The quantitative estimate of drug-likeness (QED) is 0.881. The van der Waals surface area contributed by atoms with Crippen LogP contribution in [-0.2, 0) is 17.7 Å². The molecule has 0 radical (unpaired) electrons. The summed E-state index contributed by atoms with van der Waals surface area (Å²) in [5.41, 5.74) is 1.30. The molecule has 0 aliphatic carbocycles. The van der Waals surface area contributed by atoms with Gasteiger partial charge in [0.15, 0.2) is 5.69 Å². The fourth-order valence-electron chi connectivity index (χ4n) is 1.88. The van der Waals surface area contributed by atoms with Gasteiger partial charge in [0.2, 0.25) is 0 Å². The molecule has 8 heteroatoms. The summed E-state index contributed by atoms with van der Waals surface area (Å²) in [7, 11) is 1.55. The Kier molecular flexibility index (Phi) is 5.17. The number of benzene rings is 1. The summed E-state index contributed by atoms with van der Waals surface area (Å²) < 4.78 is 6.52. The van der Waals surface area contributed by atoms with Crippen molar-refractivity contribution in [2.75, 3.05) is 13.7 Å². The standard InChI is InChI=1S/C13H13Cl2N3O3/c1-21-5-4-11-12(13(19)20)16-17-18(11)7-8-2-3-9(14)10(15)6-8/h2-3,6H,4-5,7H2,1H3,(H,19,20). The van der Waals surface area contributed by atoms with Crippen LogP contribution in [0.15, 0.2) is 18.2 Å². The zero-order chi connectivity index (χ0) is 15.4. The van der Waals surface area contributed by atoms with E-state index < -0.39 is 5.97 Å². The number of aromatic carboxylic acids is 1. The van der Waals surface area contributed by atoms with Gasteiger partial charge < -0.3 is 9.84 Å². The van der Waals surface area contributed by atoms with Gasteiger partial charge in [-0.2, -0.15) is 0 Å². The Bertz CT molecular complexity index is 658. The van der Waals surface area contributed by atoms with E-state index in [2.05, 4.69) is 10.3 Å². The lowest BCUT2D eigenvalue weighted by Crippen LogP contribution is -2.11. The van der Waals surface area contributed by atoms with E-state index in [0.29, 0.717) is 35.3 Å². The highest BCUT2D eigenvalue weighted by molar-refractivity contribution is 6.42. The average molecular weight is 330 g/mol. The van der Waals surface area contributed by atoms with Crippen molar-refractivity contribution < 1.29 is 14.6 Å². The molecule has 0 aliphatic heterocycles. The van der Waals surface area contributed by atoms with E-state index in [0.717, 1.165) is 5.56 Å². The topological polar surface area (TPSA) is 77.2 Å². The smallest absolute Gasteiger partial charge is 0.358 e. The van der Waals surface area contributed by atoms with Gasteiger partial charge in [0.05, 0.1) is 28.9 Å². The minimum atomic E-state index is -1.11. The summed E-state index contributed by atoms with van der Waals surface area (Å²) in [6.45, 7) is 0.741. The van der Waals surface area contributed by atoms with Crippen molar-refractivity contribution in [1.29, 1.82) is 0 Å². The average Bonchev–Trinajstić information content (AvgIpc) is 2.83. The van der Waals surface area contributed by atoms with Crippen LogP contribution in [0.4, 0.5) is 0 Å². The molecule has 0 bridgehead atoms. The molecule has 0 amide bonds. The van der Waals surface area contributed by atoms with Crippen LogP contribution < -0.4 is 0 Å². The molecule has 0 unspecified atom stereocenters. The molecule has 0 saturated heterocycles. The first-order valence-corrected chi connectivity index (χ1v) is 6.87. The number of hydrogen-bond acceptors (Lipinski definition) is 4. The number of aromatic nitrogens is 3. The molecule has 0 fully saturated rings. The number of carboxylic acids is 1. The predicted molar refractivity (Wildman–Crippen MR) is 78.1 cm³/mol. The van der Waals surface area contributed by atoms with E-state index in [1.54, 1.807) is 25.3 Å². The zero-order valence-corrected chi connectivity index (χ0v) is 12.7. The Hall–Kier alpha value is -1.63. The summed E-state index contributed by atoms with van der Waals surface area (Å²) in [6.07, 6.45) is 0.409. The van der Waals surface area contributed by atoms with E-state index in [-0.39, 0.29) is 5.69 Å². The van der Waals surface area contributed by atoms with Crippen LogP contribution in [0.5, 0.6) is 0 Å². The highest BCUT2D eigenvalue weighted by Crippen LogP contribution is 2.23. The molecule has 0 aliphatic rings. The van der Waals surface area contributed by atoms with Gasteiger partial charge in [-0.25, -0.2) is 9.48 Å². The zero-order valence-electron chi connectivity index (χ0n) is 11.2. The molecule has 1 N–H and O–H groups in total. The number of methoxy groups -OCH3 is 1. The van der Waals surface area contributed by atoms with E-state index >= 15 is 0 Å². The van der Waals surface area contributed by atoms with Gasteiger partial charge in [0.1, 0.15) is 0 Å². The molecule has 0 atom stereocenters. The molecule has 1 aromatic heterocycles. The number of halogens is 2. The van der Waals surface area contributed by atoms with Gasteiger partial charge >= 0.3 is 5.97 Å². The lowest BCUT2D eigenvalue weighted by atomic mass is 10.2.